The summed E-state index contributed by atoms with van der Waals surface area (Å²) in [5.41, 5.74) is -10.7. The van der Waals surface area contributed by atoms with Gasteiger partial charge in [0.15, 0.2) is 0 Å². The van der Waals surface area contributed by atoms with E-state index in [1.165, 1.54) is 7.11 Å². The fourth-order valence-corrected chi connectivity index (χ4v) is 3.94. The molecule has 0 saturated heterocycles. The highest BCUT2D eigenvalue weighted by Gasteiger charge is 2.92. The summed E-state index contributed by atoms with van der Waals surface area (Å²) in [6, 6.07) is 0. The van der Waals surface area contributed by atoms with Gasteiger partial charge in [0, 0.05) is 18.9 Å². The Morgan fingerprint density at radius 2 is 1.42 bits per heavy atom. The summed E-state index contributed by atoms with van der Waals surface area (Å²) in [5.74, 6) is -8.89. The van der Waals surface area contributed by atoms with Gasteiger partial charge in [0.1, 0.15) is 6.79 Å². The Labute approximate surface area is 142 Å². The second-order valence-corrected chi connectivity index (χ2v) is 6.38. The van der Waals surface area contributed by atoms with Gasteiger partial charge in [0.25, 0.3) is 5.92 Å². The topological polar surface area (TPSA) is 27.7 Å². The number of rotatable bonds is 7. The zero-order chi connectivity index (χ0) is 20.0. The van der Waals surface area contributed by atoms with Crippen LogP contribution in [0.5, 0.6) is 0 Å². The third-order valence-electron chi connectivity index (χ3n) is 5.09. The molecule has 0 heterocycles. The van der Waals surface area contributed by atoms with Crippen LogP contribution < -0.4 is 0 Å². The van der Waals surface area contributed by atoms with Crippen LogP contribution in [-0.2, 0) is 14.2 Å². The summed E-state index contributed by atoms with van der Waals surface area (Å²) >= 11 is 0. The van der Waals surface area contributed by atoms with E-state index in [-0.39, 0.29) is 13.0 Å². The van der Waals surface area contributed by atoms with Gasteiger partial charge in [-0.3, -0.25) is 0 Å². The maximum atomic E-state index is 15.3. The van der Waals surface area contributed by atoms with E-state index >= 15 is 4.39 Å². The zero-order valence-electron chi connectivity index (χ0n) is 13.5. The van der Waals surface area contributed by atoms with Gasteiger partial charge in [-0.15, -0.1) is 0 Å². The Morgan fingerprint density at radius 1 is 0.885 bits per heavy atom. The molecule has 0 aromatic carbocycles. The molecule has 3 nitrogen and oxygen atoms in total. The first-order valence-corrected chi connectivity index (χ1v) is 7.68. The van der Waals surface area contributed by atoms with E-state index in [4.69, 9.17) is 0 Å². The van der Waals surface area contributed by atoms with Crippen molar-refractivity contribution in [3.63, 3.8) is 0 Å². The van der Waals surface area contributed by atoms with Crippen LogP contribution >= 0.6 is 0 Å². The van der Waals surface area contributed by atoms with Gasteiger partial charge in [-0.1, -0.05) is 0 Å². The molecule has 0 radical (unpaired) electrons. The molecule has 2 saturated carbocycles. The molecule has 12 heteroatoms. The maximum absolute atomic E-state index is 15.3. The van der Waals surface area contributed by atoms with Crippen LogP contribution in [0.1, 0.15) is 19.3 Å². The van der Waals surface area contributed by atoms with Crippen molar-refractivity contribution in [1.82, 2.24) is 0 Å². The van der Waals surface area contributed by atoms with Crippen LogP contribution in [0, 0.1) is 11.8 Å². The maximum Gasteiger partial charge on any atom is 0.430 e. The molecule has 3 unspecified atom stereocenters. The SMILES string of the molecule is COCCOCOC(C(F)(F)F)(C(F)(F)F)C1(F)C2CCC(C2)C1(F)F. The van der Waals surface area contributed by atoms with Crippen molar-refractivity contribution in [3.05, 3.63) is 0 Å². The van der Waals surface area contributed by atoms with Gasteiger partial charge in [0.05, 0.1) is 13.2 Å². The number of fused-ring (bicyclic) bond motifs is 2. The van der Waals surface area contributed by atoms with Crippen molar-refractivity contribution < 1.29 is 53.7 Å². The molecule has 0 spiro atoms. The Morgan fingerprint density at radius 3 is 1.85 bits per heavy atom. The first kappa shape index (κ1) is 21.5. The lowest BCUT2D eigenvalue weighted by Crippen LogP contribution is -2.77. The number of hydrogen-bond donors (Lipinski definition) is 0. The number of hydrogen-bond acceptors (Lipinski definition) is 3. The quantitative estimate of drug-likeness (QED) is 0.361. The molecule has 26 heavy (non-hydrogen) atoms. The fraction of sp³-hybridized carbons (Fsp3) is 1.00. The number of halogens is 9. The molecule has 2 aliphatic rings. The van der Waals surface area contributed by atoms with Crippen molar-refractivity contribution in [1.29, 1.82) is 0 Å². The van der Waals surface area contributed by atoms with E-state index in [0.717, 1.165) is 0 Å². The molecule has 2 rings (SSSR count). The molecule has 2 aliphatic carbocycles. The lowest BCUT2D eigenvalue weighted by Gasteiger charge is -2.50. The van der Waals surface area contributed by atoms with E-state index in [2.05, 4.69) is 14.2 Å². The minimum absolute atomic E-state index is 0.198. The van der Waals surface area contributed by atoms with E-state index in [9.17, 15) is 35.1 Å². The summed E-state index contributed by atoms with van der Waals surface area (Å²) in [4.78, 5) is 0. The molecular formula is C14H17F9O3. The minimum Gasteiger partial charge on any atom is -0.382 e. The van der Waals surface area contributed by atoms with Crippen LogP contribution in [0.25, 0.3) is 0 Å². The average molecular weight is 404 g/mol. The standard InChI is InChI=1S/C14H17F9O3/c1-24-4-5-25-7-26-12(13(18,19)20,14(21,22)23)10(15)8-2-3-9(6-8)11(10,16)17/h8-9H,2-7H2,1H3. The lowest BCUT2D eigenvalue weighted by atomic mass is 9.69. The van der Waals surface area contributed by atoms with Gasteiger partial charge in [-0.05, 0) is 19.3 Å². The Hall–Kier alpha value is -0.750. The van der Waals surface area contributed by atoms with Crippen LogP contribution in [0.3, 0.4) is 0 Å². The third kappa shape index (κ3) is 2.79. The number of alkyl halides is 9. The van der Waals surface area contributed by atoms with E-state index in [1.807, 2.05) is 0 Å². The molecule has 0 aromatic rings. The van der Waals surface area contributed by atoms with Gasteiger partial charge in [0.2, 0.25) is 5.67 Å². The smallest absolute Gasteiger partial charge is 0.382 e. The molecule has 0 N–H and O–H groups in total. The zero-order valence-corrected chi connectivity index (χ0v) is 13.5. The van der Waals surface area contributed by atoms with Crippen molar-refractivity contribution in [3.8, 4) is 0 Å². The summed E-state index contributed by atoms with van der Waals surface area (Å²) < 4.78 is 138. The number of methoxy groups -OCH3 is 1. The van der Waals surface area contributed by atoms with E-state index in [0.29, 0.717) is 0 Å². The molecule has 2 fully saturated rings. The largest absolute Gasteiger partial charge is 0.430 e. The van der Waals surface area contributed by atoms with Crippen molar-refractivity contribution in [2.45, 2.75) is 48.8 Å². The van der Waals surface area contributed by atoms with Gasteiger partial charge in [-0.25, -0.2) is 13.2 Å². The molecule has 2 bridgehead atoms. The minimum atomic E-state index is -6.49. The molecule has 3 atom stereocenters. The van der Waals surface area contributed by atoms with Crippen LogP contribution in [0.4, 0.5) is 39.5 Å². The predicted molar refractivity (Wildman–Crippen MR) is 68.2 cm³/mol. The lowest BCUT2D eigenvalue weighted by molar-refractivity contribution is -0.450. The van der Waals surface area contributed by atoms with Crippen LogP contribution in [-0.4, -0.2) is 56.7 Å². The molecule has 0 aromatic heterocycles. The normalized spacial score (nSPS) is 31.6. The predicted octanol–water partition coefficient (Wildman–Crippen LogP) is 4.26. The first-order chi connectivity index (χ1) is 11.8. The number of ether oxygens (including phenoxy) is 3. The second-order valence-electron chi connectivity index (χ2n) is 6.38. The van der Waals surface area contributed by atoms with Crippen molar-refractivity contribution in [2.24, 2.45) is 11.8 Å². The average Bonchev–Trinajstić information content (AvgIpc) is 3.03. The van der Waals surface area contributed by atoms with Crippen LogP contribution in [0.2, 0.25) is 0 Å². The summed E-state index contributed by atoms with van der Waals surface area (Å²) in [7, 11) is 1.19. The van der Waals surface area contributed by atoms with E-state index in [1.54, 1.807) is 0 Å². The summed E-state index contributed by atoms with van der Waals surface area (Å²) in [6.07, 6.45) is -14.6. The monoisotopic (exact) mass is 404 g/mol. The molecule has 0 aliphatic heterocycles. The Balaban J connectivity index is 2.49. The molecule has 0 amide bonds. The van der Waals surface area contributed by atoms with Crippen molar-refractivity contribution >= 4 is 0 Å². The summed E-state index contributed by atoms with van der Waals surface area (Å²) in [5, 5.41) is 0. The van der Waals surface area contributed by atoms with Gasteiger partial charge >= 0.3 is 18.0 Å². The fourth-order valence-electron chi connectivity index (χ4n) is 3.94. The highest BCUT2D eigenvalue weighted by atomic mass is 19.4. The van der Waals surface area contributed by atoms with Crippen molar-refractivity contribution in [2.75, 3.05) is 27.1 Å². The molecule has 154 valence electrons. The van der Waals surface area contributed by atoms with Gasteiger partial charge in [-0.2, -0.15) is 26.3 Å². The first-order valence-electron chi connectivity index (χ1n) is 7.68. The highest BCUT2D eigenvalue weighted by Crippen LogP contribution is 2.70. The van der Waals surface area contributed by atoms with Gasteiger partial charge < -0.3 is 14.2 Å². The Bertz CT molecular complexity index is 491. The second kappa shape index (κ2) is 6.69. The molecular weight excluding hydrogens is 387 g/mol. The Kier molecular flexibility index (Phi) is 5.55. The summed E-state index contributed by atoms with van der Waals surface area (Å²) in [6.45, 7) is -2.35. The van der Waals surface area contributed by atoms with E-state index < -0.39 is 67.6 Å². The van der Waals surface area contributed by atoms with Crippen LogP contribution in [0.15, 0.2) is 0 Å². The third-order valence-corrected chi connectivity index (χ3v) is 5.09. The highest BCUT2D eigenvalue weighted by molar-refractivity contribution is 5.26.